The van der Waals surface area contributed by atoms with Gasteiger partial charge in [-0.2, -0.15) is 0 Å². The zero-order chi connectivity index (χ0) is 111. The first-order valence-corrected chi connectivity index (χ1v) is 54.8. The highest BCUT2D eigenvalue weighted by atomic mass is 16.7. The maximum absolute atomic E-state index is 14.7. The van der Waals surface area contributed by atoms with Crippen LogP contribution >= 0.6 is 0 Å². The Hall–Kier alpha value is -7.28. The highest BCUT2D eigenvalue weighted by Crippen LogP contribution is 2.44. The normalized spacial score (nSPS) is 37.4. The molecule has 0 radical (unpaired) electrons. The molecule has 8 aliphatic rings. The van der Waals surface area contributed by atoms with Crippen LogP contribution in [0.15, 0.2) is 107 Å². The van der Waals surface area contributed by atoms with Gasteiger partial charge in [0.15, 0.2) is 5.78 Å². The van der Waals surface area contributed by atoms with E-state index in [1.807, 2.05) is 138 Å². The number of ketones is 5. The minimum atomic E-state index is -2.46. The summed E-state index contributed by atoms with van der Waals surface area (Å²) in [6.45, 7) is 44.2. The first-order valence-electron chi connectivity index (χ1n) is 54.8. The van der Waals surface area contributed by atoms with Crippen LogP contribution in [0.1, 0.15) is 299 Å². The van der Waals surface area contributed by atoms with Crippen molar-refractivity contribution in [1.82, 2.24) is 9.80 Å². The third-order valence-electron chi connectivity index (χ3n) is 32.0. The van der Waals surface area contributed by atoms with Gasteiger partial charge < -0.3 is 101 Å². The van der Waals surface area contributed by atoms with E-state index in [4.69, 9.17) is 71.1 Å². The largest absolute Gasteiger partial charge is 0.460 e. The summed E-state index contributed by atoms with van der Waals surface area (Å²) < 4.78 is 89.8. The van der Waals surface area contributed by atoms with Crippen molar-refractivity contribution in [1.29, 1.82) is 0 Å². The fourth-order valence-electron chi connectivity index (χ4n) is 22.1. The van der Waals surface area contributed by atoms with Gasteiger partial charge in [0.2, 0.25) is 11.6 Å². The van der Waals surface area contributed by atoms with Gasteiger partial charge in [0.1, 0.15) is 78.6 Å². The zero-order valence-corrected chi connectivity index (χ0v) is 95.2. The van der Waals surface area contributed by atoms with Crippen molar-refractivity contribution in [2.24, 2.45) is 76.4 Å². The number of nitrogens with zero attached hydrogens (tertiary/aromatic N) is 2. The first-order chi connectivity index (χ1) is 70.1. The average molecular weight is 2100 g/mol. The molecule has 6 heterocycles. The Kier molecular flexibility index (Phi) is 51.9. The fraction of sp³-hybridized carbons (Fsp3) is 0.763. The van der Waals surface area contributed by atoms with Gasteiger partial charge >= 0.3 is 17.9 Å². The SMILES string of the molecule is C=C1[C@H](C)C[C@H](C)/C=C/C=C/C=C(\C)[C@@H](OC)C[C@@H]2CC[C@@H](C)[C@@](O)(O2)C(=O)C(=O)N2CCCC[C@H]2C(=O)O[C@H]([C@H](C)CC2CC[C@@H](OCOC(C)(C)C)[C@H](OC)C2)CC(=O)[C@H](C)/C=C(\C)[C@@H](O)[C@H]1OC.COCC(C)(COC(C)(C)C)C(=O)O[C@@H]1CCC(C[C@@H](C)[C@@H]2CC(=O)[C@H](C)/C=C(\C)[C@@H](O)[C@@H](OC)C(=O)[C@H](C)C[C@H](C)/C=C/C=C/C=C(\C)[C@@H](OC)C[C@@H]3CC[C@@H](C)[C@@](O)(O3)C(=O)C(=O)N3CCCC[C@H]3C(=O)O2)C[C@H]1OC. The quantitative estimate of drug-likeness (QED) is 0.0273. The first kappa shape index (κ1) is 129. The second kappa shape index (κ2) is 60.1. The molecule has 0 aromatic carbocycles. The fourth-order valence-corrected chi connectivity index (χ4v) is 22.1. The number of amides is 2. The number of esters is 3. The van der Waals surface area contributed by atoms with Gasteiger partial charge in [0.25, 0.3) is 23.4 Å². The maximum atomic E-state index is 14.7. The number of methoxy groups -OCH3 is 7. The van der Waals surface area contributed by atoms with E-state index in [0.717, 1.165) is 36.0 Å². The zero-order valence-electron chi connectivity index (χ0n) is 95.2. The van der Waals surface area contributed by atoms with Crippen LogP contribution in [0.25, 0.3) is 0 Å². The van der Waals surface area contributed by atoms with Crippen molar-refractivity contribution in [3.63, 3.8) is 0 Å². The van der Waals surface area contributed by atoms with Crippen molar-refractivity contribution in [3.05, 3.63) is 107 Å². The molecule has 31 atom stereocenters. The molecule has 149 heavy (non-hydrogen) atoms. The standard InChI is InChI=1S/C61H97NO16.C57H91NO13/c1-37-21-17-16-18-22-38(2)49(72-13)33-45-26-24-43(7)61(70,78-45)55(66)56(67)62-28-20-19-23-46(62)57(68)76-50(34-47(63)39(3)30-42(6)53(65)54(74-15)52(64)41(5)29-37)40(4)31-44-25-27-48(51(32-44)73-14)77-58(69)60(11,35-71-12)36-75-59(8,9)10;1-35-20-16-15-17-21-36(2)48(65-12)32-44-25-23-41(7)57(64,71-44)53(61)54(62)58-27-19-18-22-45(58)55(63)70-49(33-46(59)38(4)29-40(6)51(60)52(67-14)42(8)37(3)28-35)39(5)30-43-24-26-47(50(31-43)66-13)68-34-69-56(9,10)11/h16-18,21-22,30,37,39-41,43-46,48-51,53-54,65,70H,19-20,23-29,31-36H2,1-15H3;15-17,20-21,29,35,37-39,41,43-45,47-52,60,64H,8,18-19,22-28,30-34H2,1-7,9-14H3/b18-16+,21-17+,38-22+,42-30+;17-15+,20-16+,36-21+,40-29+/t37-,39-,40-,41-,43-,44?,45+,46+,48-,49+,50+,51-,53-,54+,60?,61-;35-,37-,38-,39-,41-,43?,44+,45+,47-,48+,49+,50-,51-,52+,57-/m11/s1. The Morgan fingerprint density at radius 3 is 1.30 bits per heavy atom. The molecule has 4 bridgehead atoms. The van der Waals surface area contributed by atoms with Gasteiger partial charge in [-0.15, -0.1) is 0 Å². The molecular weight excluding hydrogens is 1910 g/mol. The van der Waals surface area contributed by atoms with E-state index in [0.29, 0.717) is 120 Å². The van der Waals surface area contributed by atoms with Gasteiger partial charge in [-0.1, -0.05) is 149 Å². The van der Waals surface area contributed by atoms with E-state index in [1.165, 1.54) is 24.0 Å². The van der Waals surface area contributed by atoms with E-state index in [2.05, 4.69) is 26.5 Å². The molecule has 31 nitrogen and oxygen atoms in total. The van der Waals surface area contributed by atoms with Gasteiger partial charge in [-0.05, 0) is 274 Å². The number of carbonyl (C=O) groups excluding carboxylic acids is 10. The molecule has 31 heteroatoms. The highest BCUT2D eigenvalue weighted by Gasteiger charge is 2.56. The summed E-state index contributed by atoms with van der Waals surface area (Å²) in [6, 6.07) is -2.31. The van der Waals surface area contributed by atoms with Gasteiger partial charge in [-0.3, -0.25) is 38.4 Å². The van der Waals surface area contributed by atoms with Crippen LogP contribution in [0.2, 0.25) is 0 Å². The number of ether oxygens (including phenoxy) is 15. The van der Waals surface area contributed by atoms with Crippen LogP contribution in [-0.2, 0) is 119 Å². The summed E-state index contributed by atoms with van der Waals surface area (Å²) in [7, 11) is 10.9. The Morgan fingerprint density at radius 1 is 0.470 bits per heavy atom. The molecule has 4 N–H and O–H groups in total. The molecule has 6 aliphatic heterocycles. The molecule has 0 aromatic rings. The summed E-state index contributed by atoms with van der Waals surface area (Å²) in [5.41, 5.74) is 1.54. The van der Waals surface area contributed by atoms with Crippen molar-refractivity contribution in [3.8, 4) is 0 Å². The Bertz CT molecular complexity index is 4610. The number of carbonyl (C=O) groups is 10. The molecule has 2 aliphatic carbocycles. The lowest BCUT2D eigenvalue weighted by Gasteiger charge is -2.42. The number of Topliss-reactive ketones (excluding diaryl/α,β-unsaturated/α-hetero) is 5. The van der Waals surface area contributed by atoms with Crippen molar-refractivity contribution in [2.45, 2.75) is 420 Å². The van der Waals surface area contributed by atoms with Crippen LogP contribution < -0.4 is 0 Å². The maximum Gasteiger partial charge on any atom is 0.329 e. The average Bonchev–Trinajstić information content (AvgIpc) is 0.777. The van der Waals surface area contributed by atoms with Crippen molar-refractivity contribution >= 4 is 58.6 Å². The van der Waals surface area contributed by atoms with E-state index in [1.54, 1.807) is 96.2 Å². The molecule has 4 saturated heterocycles. The van der Waals surface area contributed by atoms with Crippen LogP contribution in [0, 0.1) is 76.4 Å². The molecule has 3 unspecified atom stereocenters. The van der Waals surface area contributed by atoms with E-state index >= 15 is 0 Å². The predicted octanol–water partition coefficient (Wildman–Crippen LogP) is 17.2. The van der Waals surface area contributed by atoms with E-state index < -0.39 is 185 Å². The number of piperidine rings is 2. The number of fused-ring (bicyclic) bond motifs is 6. The monoisotopic (exact) mass is 2100 g/mol. The van der Waals surface area contributed by atoms with Gasteiger partial charge in [0, 0.05) is 118 Å². The molecule has 844 valence electrons. The lowest BCUT2D eigenvalue weighted by molar-refractivity contribution is -0.265. The molecular formula is C118H188N2O29. The Labute approximate surface area is 889 Å². The predicted molar refractivity (Wildman–Crippen MR) is 569 cm³/mol. The second-order valence-corrected chi connectivity index (χ2v) is 46.6. The number of aliphatic hydroxyl groups is 4. The molecule has 0 spiro atoms. The van der Waals surface area contributed by atoms with Crippen molar-refractivity contribution < 1.29 is 139 Å². The number of rotatable bonds is 21. The summed E-state index contributed by atoms with van der Waals surface area (Å²) in [6.07, 6.45) is 24.3. The number of hydrogen-bond acceptors (Lipinski definition) is 29. The van der Waals surface area contributed by atoms with Crippen LogP contribution in [0.4, 0.5) is 0 Å². The number of hydrogen-bond donors (Lipinski definition) is 4. The third kappa shape index (κ3) is 37.5. The Morgan fingerprint density at radius 2 is 0.886 bits per heavy atom. The van der Waals surface area contributed by atoms with Crippen LogP contribution in [0.3, 0.4) is 0 Å². The summed E-state index contributed by atoms with van der Waals surface area (Å²) in [4.78, 5) is 145. The molecule has 2 amide bonds. The van der Waals surface area contributed by atoms with E-state index in [9.17, 15) is 68.4 Å². The highest BCUT2D eigenvalue weighted by molar-refractivity contribution is 6.39. The van der Waals surface area contributed by atoms with Crippen LogP contribution in [-0.4, -0.2) is 292 Å². The number of cyclic esters (lactones) is 2. The third-order valence-corrected chi connectivity index (χ3v) is 32.0. The van der Waals surface area contributed by atoms with Gasteiger partial charge in [0.05, 0.1) is 67.1 Å². The summed E-state index contributed by atoms with van der Waals surface area (Å²) in [5.74, 6) is -15.6. The Balaban J connectivity index is 0.000000405. The molecule has 2 saturated carbocycles. The molecule has 8 rings (SSSR count). The second-order valence-electron chi connectivity index (χ2n) is 46.6. The summed E-state index contributed by atoms with van der Waals surface area (Å²) in [5, 5.41) is 47.3. The minimum absolute atomic E-state index is 0.000198. The van der Waals surface area contributed by atoms with Gasteiger partial charge in [-0.25, -0.2) is 9.59 Å². The summed E-state index contributed by atoms with van der Waals surface area (Å²) >= 11 is 0. The lowest BCUT2D eigenvalue weighted by Crippen LogP contribution is -2.61. The smallest absolute Gasteiger partial charge is 0.329 e. The van der Waals surface area contributed by atoms with E-state index in [-0.39, 0.29) is 129 Å². The van der Waals surface area contributed by atoms with Crippen LogP contribution in [0.5, 0.6) is 0 Å². The topological polar surface area (TPSA) is 397 Å². The molecule has 6 fully saturated rings. The lowest BCUT2D eigenvalue weighted by atomic mass is 9.78. The minimum Gasteiger partial charge on any atom is -0.460 e. The number of allylic oxidation sites excluding steroid dienone is 12. The number of aliphatic hydroxyl groups excluding tert-OH is 2. The molecule has 0 aromatic heterocycles. The van der Waals surface area contributed by atoms with Crippen molar-refractivity contribution in [2.75, 3.05) is 82.9 Å².